The Bertz CT molecular complexity index is 1100. The van der Waals surface area contributed by atoms with E-state index in [1.54, 1.807) is 19.1 Å². The summed E-state index contributed by atoms with van der Waals surface area (Å²) in [6.45, 7) is 2.40. The second-order valence-corrected chi connectivity index (χ2v) is 9.71. The van der Waals surface area contributed by atoms with E-state index in [1.807, 2.05) is 0 Å². The molecular weight excluding hydrogens is 483 g/mol. The lowest BCUT2D eigenvalue weighted by Crippen LogP contribution is -2.47. The summed E-state index contributed by atoms with van der Waals surface area (Å²) < 4.78 is 79.6. The van der Waals surface area contributed by atoms with Gasteiger partial charge in [0.05, 0.1) is 36.8 Å². The average molecular weight is 513 g/mol. The van der Waals surface area contributed by atoms with Crippen LogP contribution in [0.15, 0.2) is 24.4 Å². The molecule has 6 nitrogen and oxygen atoms in total. The van der Waals surface area contributed by atoms with Crippen LogP contribution in [-0.2, 0) is 6.42 Å². The monoisotopic (exact) mass is 512 g/mol. The molecule has 196 valence electrons. The molecule has 5 rings (SSSR count). The Hall–Kier alpha value is -2.66. The van der Waals surface area contributed by atoms with E-state index in [4.69, 9.17) is 9.47 Å². The fourth-order valence-electron chi connectivity index (χ4n) is 5.46. The Labute approximate surface area is 206 Å². The molecule has 2 aromatic rings. The maximum absolute atomic E-state index is 15.5. The third kappa shape index (κ3) is 5.22. The molecule has 0 saturated carbocycles. The van der Waals surface area contributed by atoms with Crippen molar-refractivity contribution in [3.05, 3.63) is 47.0 Å². The van der Waals surface area contributed by atoms with Crippen molar-refractivity contribution >= 4 is 5.69 Å². The van der Waals surface area contributed by atoms with Gasteiger partial charge in [0.15, 0.2) is 11.5 Å². The molecule has 0 unspecified atom stereocenters. The van der Waals surface area contributed by atoms with Crippen LogP contribution in [0.4, 0.5) is 27.6 Å². The van der Waals surface area contributed by atoms with Gasteiger partial charge in [0.25, 0.3) is 0 Å². The summed E-state index contributed by atoms with van der Waals surface area (Å²) in [5, 5.41) is 3.26. The number of pyridine rings is 1. The van der Waals surface area contributed by atoms with Crippen molar-refractivity contribution < 1.29 is 31.4 Å². The van der Waals surface area contributed by atoms with Gasteiger partial charge in [0, 0.05) is 37.8 Å². The van der Waals surface area contributed by atoms with Crippen molar-refractivity contribution in [2.75, 3.05) is 45.0 Å². The van der Waals surface area contributed by atoms with Crippen LogP contribution in [0.2, 0.25) is 0 Å². The number of nitrogens with zero attached hydrogens (tertiary/aromatic N) is 3. The molecule has 3 aliphatic heterocycles. The smallest absolute Gasteiger partial charge is 0.401 e. The van der Waals surface area contributed by atoms with Gasteiger partial charge in [-0.05, 0) is 49.4 Å². The number of alkyl halides is 4. The van der Waals surface area contributed by atoms with E-state index in [1.165, 1.54) is 17.2 Å². The lowest BCUT2D eigenvalue weighted by molar-refractivity contribution is -0.155. The number of ether oxygens (including phenoxy) is 2. The number of rotatable bonds is 7. The van der Waals surface area contributed by atoms with Gasteiger partial charge in [-0.2, -0.15) is 13.2 Å². The number of anilines is 1. The predicted octanol–water partition coefficient (Wildman–Crippen LogP) is 4.69. The highest BCUT2D eigenvalue weighted by molar-refractivity contribution is 5.53. The van der Waals surface area contributed by atoms with E-state index < -0.39 is 30.6 Å². The lowest BCUT2D eigenvalue weighted by atomic mass is 9.86. The number of hydrogen-bond acceptors (Lipinski definition) is 6. The van der Waals surface area contributed by atoms with Crippen LogP contribution in [0.25, 0.3) is 0 Å². The van der Waals surface area contributed by atoms with Crippen molar-refractivity contribution in [1.29, 1.82) is 0 Å². The largest absolute Gasteiger partial charge is 0.454 e. The van der Waals surface area contributed by atoms with Gasteiger partial charge < -0.3 is 19.7 Å². The third-order valence-corrected chi connectivity index (χ3v) is 7.08. The highest BCUT2D eigenvalue weighted by Crippen LogP contribution is 2.45. The molecule has 1 saturated heterocycles. The molecule has 0 spiro atoms. The van der Waals surface area contributed by atoms with Crippen LogP contribution in [0, 0.1) is 5.82 Å². The second-order valence-electron chi connectivity index (χ2n) is 9.71. The van der Waals surface area contributed by atoms with E-state index in [0.29, 0.717) is 48.7 Å². The first kappa shape index (κ1) is 25.0. The lowest BCUT2D eigenvalue weighted by Gasteiger charge is -2.42. The molecule has 0 amide bonds. The summed E-state index contributed by atoms with van der Waals surface area (Å²) in [6.07, 6.45) is -1.32. The van der Waals surface area contributed by atoms with Crippen molar-refractivity contribution in [3.63, 3.8) is 0 Å². The zero-order valence-corrected chi connectivity index (χ0v) is 20.0. The zero-order chi connectivity index (χ0) is 25.4. The normalized spacial score (nSPS) is 24.2. The number of nitrogens with one attached hydrogen (secondary N) is 1. The Morgan fingerprint density at radius 1 is 1.17 bits per heavy atom. The average Bonchev–Trinajstić information content (AvgIpc) is 3.46. The number of benzene rings is 1. The van der Waals surface area contributed by atoms with Crippen molar-refractivity contribution in [2.45, 2.75) is 50.5 Å². The Morgan fingerprint density at radius 2 is 1.94 bits per heavy atom. The number of halogens is 5. The Balaban J connectivity index is 1.44. The molecule has 0 radical (unpaired) electrons. The van der Waals surface area contributed by atoms with E-state index in [-0.39, 0.29) is 25.2 Å². The van der Waals surface area contributed by atoms with E-state index >= 15 is 4.39 Å². The van der Waals surface area contributed by atoms with Crippen LogP contribution in [0.1, 0.15) is 42.6 Å². The van der Waals surface area contributed by atoms with Crippen molar-refractivity contribution in [2.24, 2.45) is 0 Å². The van der Waals surface area contributed by atoms with Gasteiger partial charge in [-0.3, -0.25) is 14.3 Å². The molecule has 1 fully saturated rings. The van der Waals surface area contributed by atoms with Gasteiger partial charge in [-0.25, -0.2) is 4.39 Å². The molecule has 3 aliphatic rings. The van der Waals surface area contributed by atoms with E-state index in [2.05, 4.69) is 15.2 Å². The number of aromatic nitrogens is 1. The summed E-state index contributed by atoms with van der Waals surface area (Å²) in [7, 11) is 0. The number of hydrogen-bond donors (Lipinski definition) is 1. The zero-order valence-electron chi connectivity index (χ0n) is 20.0. The molecule has 36 heavy (non-hydrogen) atoms. The quantitative estimate of drug-likeness (QED) is 0.544. The van der Waals surface area contributed by atoms with E-state index in [9.17, 15) is 17.6 Å². The Kier molecular flexibility index (Phi) is 6.95. The first-order valence-corrected chi connectivity index (χ1v) is 12.2. The highest BCUT2D eigenvalue weighted by Gasteiger charge is 2.43. The van der Waals surface area contributed by atoms with Crippen LogP contribution >= 0.6 is 0 Å². The van der Waals surface area contributed by atoms with Gasteiger partial charge >= 0.3 is 6.18 Å². The fourth-order valence-corrected chi connectivity index (χ4v) is 5.46. The molecule has 4 heterocycles. The van der Waals surface area contributed by atoms with Crippen molar-refractivity contribution in [1.82, 2.24) is 14.8 Å². The second kappa shape index (κ2) is 10.0. The molecular formula is C25H29F5N4O2. The molecule has 1 aromatic carbocycles. The first-order chi connectivity index (χ1) is 17.2. The topological polar surface area (TPSA) is 49.9 Å². The Morgan fingerprint density at radius 3 is 2.67 bits per heavy atom. The predicted molar refractivity (Wildman–Crippen MR) is 124 cm³/mol. The minimum absolute atomic E-state index is 0.0318. The molecule has 0 aliphatic carbocycles. The highest BCUT2D eigenvalue weighted by atomic mass is 19.4. The molecule has 3 atom stereocenters. The van der Waals surface area contributed by atoms with E-state index in [0.717, 1.165) is 18.5 Å². The van der Waals surface area contributed by atoms with Gasteiger partial charge in [-0.1, -0.05) is 0 Å². The summed E-state index contributed by atoms with van der Waals surface area (Å²) in [4.78, 5) is 7.74. The van der Waals surface area contributed by atoms with Crippen LogP contribution < -0.4 is 14.8 Å². The number of fused-ring (bicyclic) bond motifs is 2. The summed E-state index contributed by atoms with van der Waals surface area (Å²) in [5.74, 6) is 0.286. The first-order valence-electron chi connectivity index (χ1n) is 12.2. The molecule has 11 heteroatoms. The SMILES string of the molecule is C[C@@H]1Cc2cc3c(cc2[C@@H](c2ncc(N[C@H]4CCN(CCCF)C4)cc2F)N1CC(F)(F)F)OCO3. The van der Waals surface area contributed by atoms with Crippen LogP contribution in [-0.4, -0.2) is 72.7 Å². The number of likely N-dealkylation sites (tertiary alicyclic amines) is 1. The molecule has 1 aromatic heterocycles. The summed E-state index contributed by atoms with van der Waals surface area (Å²) in [5.41, 5.74) is 1.73. The maximum atomic E-state index is 15.5. The minimum Gasteiger partial charge on any atom is -0.454 e. The fraction of sp³-hybridized carbons (Fsp3) is 0.560. The molecule has 1 N–H and O–H groups in total. The van der Waals surface area contributed by atoms with Crippen LogP contribution in [0.3, 0.4) is 0 Å². The van der Waals surface area contributed by atoms with Crippen LogP contribution in [0.5, 0.6) is 11.5 Å². The van der Waals surface area contributed by atoms with Gasteiger partial charge in [-0.15, -0.1) is 0 Å². The van der Waals surface area contributed by atoms with Gasteiger partial charge in [0.1, 0.15) is 5.82 Å². The maximum Gasteiger partial charge on any atom is 0.401 e. The standard InChI is InChI=1S/C25H29F5N4O2/c1-15-7-16-8-21-22(36-14-35-21)10-19(16)24(34(15)13-25(28,29)30)23-20(27)9-18(11-31-23)32-17-3-6-33(12-17)5-2-4-26/h8-11,15,17,24,32H,2-7,12-14H2,1H3/t15-,17+,24+/m1/s1. The molecule has 0 bridgehead atoms. The van der Waals surface area contributed by atoms with Gasteiger partial charge in [0.2, 0.25) is 6.79 Å². The minimum atomic E-state index is -4.46. The summed E-state index contributed by atoms with van der Waals surface area (Å²) >= 11 is 0. The van der Waals surface area contributed by atoms with Crippen molar-refractivity contribution in [3.8, 4) is 11.5 Å². The summed E-state index contributed by atoms with van der Waals surface area (Å²) in [6, 6.07) is 3.25. The third-order valence-electron chi connectivity index (χ3n) is 7.08.